The van der Waals surface area contributed by atoms with E-state index in [0.717, 1.165) is 11.6 Å². The first-order valence-electron chi connectivity index (χ1n) is 4.38. The van der Waals surface area contributed by atoms with Gasteiger partial charge in [0.25, 0.3) is 0 Å². The molecule has 5 heteroatoms. The van der Waals surface area contributed by atoms with Crippen molar-refractivity contribution in [1.29, 1.82) is 0 Å². The predicted molar refractivity (Wildman–Crippen MR) is 48.6 cm³/mol. The SMILES string of the molecule is COC(=O)C1=CCc2nc(C)nn2C1. The van der Waals surface area contributed by atoms with Crippen LogP contribution < -0.4 is 0 Å². The molecule has 0 radical (unpaired) electrons. The van der Waals surface area contributed by atoms with E-state index in [-0.39, 0.29) is 5.97 Å². The lowest BCUT2D eigenvalue weighted by Crippen LogP contribution is -2.18. The molecule has 0 amide bonds. The second kappa shape index (κ2) is 3.25. The van der Waals surface area contributed by atoms with Gasteiger partial charge in [0.05, 0.1) is 19.2 Å². The van der Waals surface area contributed by atoms with E-state index in [9.17, 15) is 4.79 Å². The zero-order valence-corrected chi connectivity index (χ0v) is 8.15. The number of carbonyl (C=O) groups is 1. The van der Waals surface area contributed by atoms with Gasteiger partial charge in [-0.1, -0.05) is 6.08 Å². The molecule has 1 aromatic heterocycles. The van der Waals surface area contributed by atoms with Gasteiger partial charge in [-0.05, 0) is 6.92 Å². The molecule has 14 heavy (non-hydrogen) atoms. The molecule has 0 fully saturated rings. The number of carbonyl (C=O) groups excluding carboxylic acids is 1. The fourth-order valence-corrected chi connectivity index (χ4v) is 1.50. The van der Waals surface area contributed by atoms with Crippen LogP contribution in [0.3, 0.4) is 0 Å². The van der Waals surface area contributed by atoms with E-state index in [1.54, 1.807) is 4.68 Å². The van der Waals surface area contributed by atoms with Crippen LogP contribution in [-0.4, -0.2) is 27.8 Å². The molecular weight excluding hydrogens is 182 g/mol. The van der Waals surface area contributed by atoms with Crippen molar-refractivity contribution in [2.45, 2.75) is 19.9 Å². The third kappa shape index (κ3) is 1.41. The molecule has 2 rings (SSSR count). The van der Waals surface area contributed by atoms with Crippen molar-refractivity contribution in [3.05, 3.63) is 23.3 Å². The van der Waals surface area contributed by atoms with Gasteiger partial charge in [0.15, 0.2) is 0 Å². The highest BCUT2D eigenvalue weighted by Gasteiger charge is 2.18. The van der Waals surface area contributed by atoms with Crippen molar-refractivity contribution in [2.24, 2.45) is 0 Å². The number of hydrogen-bond donors (Lipinski definition) is 0. The highest BCUT2D eigenvalue weighted by Crippen LogP contribution is 2.13. The van der Waals surface area contributed by atoms with Crippen molar-refractivity contribution >= 4 is 5.97 Å². The first-order valence-corrected chi connectivity index (χ1v) is 4.38. The predicted octanol–water partition coefficient (Wildman–Crippen LogP) is 0.242. The fourth-order valence-electron chi connectivity index (χ4n) is 1.50. The second-order valence-corrected chi connectivity index (χ2v) is 3.16. The van der Waals surface area contributed by atoms with E-state index in [4.69, 9.17) is 0 Å². The number of allylic oxidation sites excluding steroid dienone is 1. The summed E-state index contributed by atoms with van der Waals surface area (Å²) in [4.78, 5) is 15.5. The molecule has 0 aromatic carbocycles. The summed E-state index contributed by atoms with van der Waals surface area (Å²) in [7, 11) is 1.38. The van der Waals surface area contributed by atoms with Crippen LogP contribution >= 0.6 is 0 Å². The van der Waals surface area contributed by atoms with E-state index >= 15 is 0 Å². The Balaban J connectivity index is 2.24. The van der Waals surface area contributed by atoms with Crippen LogP contribution in [0.1, 0.15) is 11.6 Å². The maximum atomic E-state index is 11.2. The molecule has 0 saturated carbocycles. The number of methoxy groups -OCH3 is 1. The second-order valence-electron chi connectivity index (χ2n) is 3.16. The largest absolute Gasteiger partial charge is 0.466 e. The maximum absolute atomic E-state index is 11.2. The van der Waals surface area contributed by atoms with Gasteiger partial charge < -0.3 is 4.74 Å². The van der Waals surface area contributed by atoms with Gasteiger partial charge in [0.2, 0.25) is 0 Å². The van der Waals surface area contributed by atoms with Crippen molar-refractivity contribution in [3.63, 3.8) is 0 Å². The zero-order valence-electron chi connectivity index (χ0n) is 8.15. The van der Waals surface area contributed by atoms with Gasteiger partial charge in [-0.3, -0.25) is 0 Å². The van der Waals surface area contributed by atoms with Crippen molar-refractivity contribution < 1.29 is 9.53 Å². The quantitative estimate of drug-likeness (QED) is 0.599. The average molecular weight is 193 g/mol. The number of nitrogens with zero attached hydrogens (tertiary/aromatic N) is 3. The first-order chi connectivity index (χ1) is 6.70. The fraction of sp³-hybridized carbons (Fsp3) is 0.444. The summed E-state index contributed by atoms with van der Waals surface area (Å²) in [6, 6.07) is 0. The van der Waals surface area contributed by atoms with Gasteiger partial charge in [-0.15, -0.1) is 0 Å². The number of aromatic nitrogens is 3. The standard InChI is InChI=1S/C9H11N3O2/c1-6-10-8-4-3-7(9(13)14-2)5-12(8)11-6/h3H,4-5H2,1-2H3. The Hall–Kier alpha value is -1.65. The lowest BCUT2D eigenvalue weighted by molar-refractivity contribution is -0.136. The molecule has 0 atom stereocenters. The summed E-state index contributed by atoms with van der Waals surface area (Å²) in [5.41, 5.74) is 0.643. The molecule has 0 spiro atoms. The van der Waals surface area contributed by atoms with Crippen molar-refractivity contribution in [2.75, 3.05) is 7.11 Å². The van der Waals surface area contributed by atoms with E-state index in [2.05, 4.69) is 14.8 Å². The van der Waals surface area contributed by atoms with Gasteiger partial charge in [-0.2, -0.15) is 5.10 Å². The Morgan fingerprint density at radius 1 is 1.64 bits per heavy atom. The summed E-state index contributed by atoms with van der Waals surface area (Å²) in [6.45, 7) is 2.30. The smallest absolute Gasteiger partial charge is 0.335 e. The third-order valence-electron chi connectivity index (χ3n) is 2.15. The molecule has 74 valence electrons. The summed E-state index contributed by atoms with van der Waals surface area (Å²) in [6.07, 6.45) is 2.49. The molecule has 2 heterocycles. The number of hydrogen-bond acceptors (Lipinski definition) is 4. The van der Waals surface area contributed by atoms with Crippen LogP contribution in [0.2, 0.25) is 0 Å². The highest BCUT2D eigenvalue weighted by atomic mass is 16.5. The highest BCUT2D eigenvalue weighted by molar-refractivity contribution is 5.88. The summed E-state index contributed by atoms with van der Waals surface area (Å²) in [5.74, 6) is 1.35. The van der Waals surface area contributed by atoms with E-state index in [1.807, 2.05) is 13.0 Å². The third-order valence-corrected chi connectivity index (χ3v) is 2.15. The topological polar surface area (TPSA) is 57.0 Å². The Labute approximate surface area is 81.4 Å². The molecule has 1 aromatic rings. The van der Waals surface area contributed by atoms with Gasteiger partial charge in [0.1, 0.15) is 11.6 Å². The number of rotatable bonds is 1. The van der Waals surface area contributed by atoms with Crippen LogP contribution in [0.4, 0.5) is 0 Å². The summed E-state index contributed by atoms with van der Waals surface area (Å²) < 4.78 is 6.38. The minimum absolute atomic E-state index is 0.288. The van der Waals surface area contributed by atoms with Crippen LogP contribution in [0.5, 0.6) is 0 Å². The molecule has 0 saturated heterocycles. The molecule has 0 aliphatic carbocycles. The van der Waals surface area contributed by atoms with Crippen LogP contribution in [-0.2, 0) is 22.5 Å². The van der Waals surface area contributed by atoms with E-state index in [0.29, 0.717) is 18.5 Å². The molecule has 1 aliphatic heterocycles. The number of fused-ring (bicyclic) bond motifs is 1. The molecule has 0 bridgehead atoms. The minimum atomic E-state index is -0.288. The Morgan fingerprint density at radius 3 is 3.14 bits per heavy atom. The lowest BCUT2D eigenvalue weighted by atomic mass is 10.1. The van der Waals surface area contributed by atoms with E-state index in [1.165, 1.54) is 7.11 Å². The van der Waals surface area contributed by atoms with Crippen LogP contribution in [0, 0.1) is 6.92 Å². The van der Waals surface area contributed by atoms with Crippen LogP contribution in [0.15, 0.2) is 11.6 Å². The Morgan fingerprint density at radius 2 is 2.43 bits per heavy atom. The number of ether oxygens (including phenoxy) is 1. The minimum Gasteiger partial charge on any atom is -0.466 e. The Kier molecular flexibility index (Phi) is 2.07. The first kappa shape index (κ1) is 8.93. The molecular formula is C9H11N3O2. The Bertz CT molecular complexity index is 406. The zero-order chi connectivity index (χ0) is 10.1. The summed E-state index contributed by atoms with van der Waals surface area (Å²) >= 11 is 0. The van der Waals surface area contributed by atoms with Gasteiger partial charge >= 0.3 is 5.97 Å². The molecule has 5 nitrogen and oxygen atoms in total. The number of esters is 1. The molecule has 1 aliphatic rings. The number of aryl methyl sites for hydroxylation is 1. The average Bonchev–Trinajstić information content (AvgIpc) is 2.55. The van der Waals surface area contributed by atoms with Crippen molar-refractivity contribution in [3.8, 4) is 0 Å². The molecule has 0 unspecified atom stereocenters. The molecule has 0 N–H and O–H groups in total. The van der Waals surface area contributed by atoms with Gasteiger partial charge in [-0.25, -0.2) is 14.5 Å². The normalized spacial score (nSPS) is 14.6. The van der Waals surface area contributed by atoms with E-state index < -0.39 is 0 Å². The van der Waals surface area contributed by atoms with Crippen molar-refractivity contribution in [1.82, 2.24) is 14.8 Å². The van der Waals surface area contributed by atoms with Crippen LogP contribution in [0.25, 0.3) is 0 Å². The maximum Gasteiger partial charge on any atom is 0.335 e. The van der Waals surface area contributed by atoms with Gasteiger partial charge in [0, 0.05) is 6.42 Å². The lowest BCUT2D eigenvalue weighted by Gasteiger charge is -2.11. The monoisotopic (exact) mass is 193 g/mol. The summed E-state index contributed by atoms with van der Waals surface area (Å²) in [5, 5.41) is 4.18.